The summed E-state index contributed by atoms with van der Waals surface area (Å²) in [6, 6.07) is 0. The van der Waals surface area contributed by atoms with Crippen molar-refractivity contribution in [2.75, 3.05) is 6.61 Å². The first-order valence-corrected chi connectivity index (χ1v) is 16.7. The van der Waals surface area contributed by atoms with Gasteiger partial charge in [0, 0.05) is 6.61 Å². The predicted molar refractivity (Wildman–Crippen MR) is 160 cm³/mol. The van der Waals surface area contributed by atoms with Gasteiger partial charge in [0.1, 0.15) is 0 Å². The Morgan fingerprint density at radius 3 is 0.800 bits per heavy atom. The molecule has 0 atom stereocenters. The monoisotopic (exact) mass is 493 g/mol. The molecule has 0 aliphatic carbocycles. The highest BCUT2D eigenvalue weighted by atomic mass is 16.2. The third kappa shape index (κ3) is 33.7. The normalized spacial score (nSPS) is 11.7. The second-order valence-corrected chi connectivity index (χ2v) is 11.3. The van der Waals surface area contributed by atoms with Gasteiger partial charge in [-0.1, -0.05) is 180 Å². The van der Waals surface area contributed by atoms with E-state index in [1.54, 1.807) is 0 Å². The number of rotatable bonds is 31. The Labute approximate surface area is 223 Å². The maximum absolute atomic E-state index is 8.76. The van der Waals surface area contributed by atoms with Gasteiger partial charge in [0.2, 0.25) is 0 Å². The zero-order chi connectivity index (χ0) is 25.3. The summed E-state index contributed by atoms with van der Waals surface area (Å²) in [6.07, 6.45) is 47.1. The second kappa shape index (κ2) is 33.7. The molecule has 0 aromatic heterocycles. The van der Waals surface area contributed by atoms with Crippen molar-refractivity contribution in [2.24, 2.45) is 0 Å². The van der Waals surface area contributed by atoms with E-state index in [9.17, 15) is 0 Å². The molecule has 0 spiro atoms. The van der Waals surface area contributed by atoms with Gasteiger partial charge in [-0.05, 0) is 32.1 Å². The average Bonchev–Trinajstić information content (AvgIpc) is 2.87. The third-order valence-electron chi connectivity index (χ3n) is 7.67. The van der Waals surface area contributed by atoms with Gasteiger partial charge in [0.25, 0.3) is 0 Å². The summed E-state index contributed by atoms with van der Waals surface area (Å²) in [7, 11) is 0. The molecule has 0 unspecified atom stereocenters. The summed E-state index contributed by atoms with van der Waals surface area (Å²) in [5.41, 5.74) is 0. The SMILES string of the molecule is CCCCCCCCCCCCCCCCCCCCCCCCCC=CCCCCCCCO. The van der Waals surface area contributed by atoms with Crippen molar-refractivity contribution < 1.29 is 5.11 Å². The van der Waals surface area contributed by atoms with E-state index in [4.69, 9.17) is 5.11 Å². The highest BCUT2D eigenvalue weighted by Crippen LogP contribution is 2.15. The molecule has 0 aromatic rings. The number of hydrogen-bond donors (Lipinski definition) is 1. The molecule has 0 amide bonds. The molecule has 1 N–H and O–H groups in total. The minimum Gasteiger partial charge on any atom is -0.396 e. The van der Waals surface area contributed by atoms with Gasteiger partial charge in [0.15, 0.2) is 0 Å². The van der Waals surface area contributed by atoms with E-state index in [1.165, 1.54) is 186 Å². The molecule has 0 aliphatic rings. The average molecular weight is 493 g/mol. The Bertz CT molecular complexity index is 375. The van der Waals surface area contributed by atoms with Crippen LogP contribution in [0.5, 0.6) is 0 Å². The summed E-state index contributed by atoms with van der Waals surface area (Å²) in [6.45, 7) is 2.66. The molecule has 0 saturated carbocycles. The fourth-order valence-corrected chi connectivity index (χ4v) is 5.19. The fraction of sp³-hybridized carbons (Fsp3) is 0.941. The quantitative estimate of drug-likeness (QED) is 0.0753. The van der Waals surface area contributed by atoms with E-state index in [0.717, 1.165) is 6.42 Å². The van der Waals surface area contributed by atoms with Gasteiger partial charge in [0.05, 0.1) is 0 Å². The molecule has 210 valence electrons. The van der Waals surface area contributed by atoms with E-state index in [-0.39, 0.29) is 0 Å². The molecular weight excluding hydrogens is 424 g/mol. The highest BCUT2D eigenvalue weighted by molar-refractivity contribution is 4.81. The molecule has 0 bridgehead atoms. The van der Waals surface area contributed by atoms with Crippen molar-refractivity contribution in [1.29, 1.82) is 0 Å². The molecule has 0 aromatic carbocycles. The number of allylic oxidation sites excluding steroid dienone is 2. The van der Waals surface area contributed by atoms with Crippen LogP contribution in [-0.4, -0.2) is 11.7 Å². The standard InChI is InChI=1S/C34H68O/c1-2-3-4-5-6-7-8-9-10-11-12-13-14-15-16-17-18-19-20-21-22-23-24-25-26-27-28-29-30-31-32-33-34-35/h26-27,35H,2-25,28-34H2,1H3. The van der Waals surface area contributed by atoms with Crippen LogP contribution in [-0.2, 0) is 0 Å². The number of aliphatic hydroxyl groups is 1. The van der Waals surface area contributed by atoms with Crippen LogP contribution in [0.25, 0.3) is 0 Å². The van der Waals surface area contributed by atoms with Crippen LogP contribution >= 0.6 is 0 Å². The van der Waals surface area contributed by atoms with Gasteiger partial charge >= 0.3 is 0 Å². The van der Waals surface area contributed by atoms with Crippen LogP contribution in [0.4, 0.5) is 0 Å². The lowest BCUT2D eigenvalue weighted by molar-refractivity contribution is 0.282. The first-order valence-electron chi connectivity index (χ1n) is 16.7. The molecule has 35 heavy (non-hydrogen) atoms. The van der Waals surface area contributed by atoms with Crippen LogP contribution < -0.4 is 0 Å². The molecule has 0 fully saturated rings. The summed E-state index contributed by atoms with van der Waals surface area (Å²) in [5.74, 6) is 0. The molecule has 1 heteroatoms. The Morgan fingerprint density at radius 2 is 0.543 bits per heavy atom. The van der Waals surface area contributed by atoms with Crippen molar-refractivity contribution >= 4 is 0 Å². The second-order valence-electron chi connectivity index (χ2n) is 11.3. The molecule has 0 rings (SSSR count). The fourth-order valence-electron chi connectivity index (χ4n) is 5.19. The van der Waals surface area contributed by atoms with E-state index < -0.39 is 0 Å². The molecule has 0 aliphatic heterocycles. The lowest BCUT2D eigenvalue weighted by Crippen LogP contribution is -1.84. The van der Waals surface area contributed by atoms with E-state index in [0.29, 0.717) is 6.61 Å². The number of hydrogen-bond acceptors (Lipinski definition) is 1. The largest absolute Gasteiger partial charge is 0.396 e. The van der Waals surface area contributed by atoms with Crippen molar-refractivity contribution in [3.8, 4) is 0 Å². The van der Waals surface area contributed by atoms with Gasteiger partial charge in [-0.3, -0.25) is 0 Å². The molecule has 1 nitrogen and oxygen atoms in total. The summed E-state index contributed by atoms with van der Waals surface area (Å²) in [5, 5.41) is 8.76. The summed E-state index contributed by atoms with van der Waals surface area (Å²) < 4.78 is 0. The minimum atomic E-state index is 0.361. The van der Waals surface area contributed by atoms with Crippen LogP contribution in [0.15, 0.2) is 12.2 Å². The van der Waals surface area contributed by atoms with E-state index in [2.05, 4.69) is 19.1 Å². The Hall–Kier alpha value is -0.300. The molecular formula is C34H68O. The first kappa shape index (κ1) is 34.7. The van der Waals surface area contributed by atoms with E-state index >= 15 is 0 Å². The maximum Gasteiger partial charge on any atom is 0.0431 e. The maximum atomic E-state index is 8.76. The summed E-state index contributed by atoms with van der Waals surface area (Å²) in [4.78, 5) is 0. The van der Waals surface area contributed by atoms with Gasteiger partial charge < -0.3 is 5.11 Å². The van der Waals surface area contributed by atoms with Crippen molar-refractivity contribution in [3.63, 3.8) is 0 Å². The highest BCUT2D eigenvalue weighted by Gasteiger charge is 1.96. The lowest BCUT2D eigenvalue weighted by Gasteiger charge is -2.04. The van der Waals surface area contributed by atoms with Crippen LogP contribution in [0, 0.1) is 0 Å². The number of unbranched alkanes of at least 4 members (excludes halogenated alkanes) is 28. The van der Waals surface area contributed by atoms with Crippen LogP contribution in [0.3, 0.4) is 0 Å². The smallest absolute Gasteiger partial charge is 0.0431 e. The van der Waals surface area contributed by atoms with Gasteiger partial charge in [-0.25, -0.2) is 0 Å². The molecule has 0 radical (unpaired) electrons. The molecule has 0 saturated heterocycles. The first-order chi connectivity index (χ1) is 17.4. The zero-order valence-electron chi connectivity index (χ0n) is 24.5. The molecule has 0 heterocycles. The zero-order valence-corrected chi connectivity index (χ0v) is 24.5. The Balaban J connectivity index is 3.05. The Kier molecular flexibility index (Phi) is 33.4. The van der Waals surface area contributed by atoms with Crippen LogP contribution in [0.1, 0.15) is 200 Å². The topological polar surface area (TPSA) is 20.2 Å². The van der Waals surface area contributed by atoms with E-state index in [1.807, 2.05) is 0 Å². The number of aliphatic hydroxyl groups excluding tert-OH is 1. The third-order valence-corrected chi connectivity index (χ3v) is 7.67. The van der Waals surface area contributed by atoms with Crippen LogP contribution in [0.2, 0.25) is 0 Å². The van der Waals surface area contributed by atoms with Crippen molar-refractivity contribution in [2.45, 2.75) is 200 Å². The van der Waals surface area contributed by atoms with Gasteiger partial charge in [-0.15, -0.1) is 0 Å². The van der Waals surface area contributed by atoms with Crippen molar-refractivity contribution in [3.05, 3.63) is 12.2 Å². The lowest BCUT2D eigenvalue weighted by atomic mass is 10.0. The Morgan fingerprint density at radius 1 is 0.314 bits per heavy atom. The summed E-state index contributed by atoms with van der Waals surface area (Å²) >= 11 is 0. The van der Waals surface area contributed by atoms with Crippen molar-refractivity contribution in [1.82, 2.24) is 0 Å². The predicted octanol–water partition coefficient (Wildman–Crippen LogP) is 12.3. The minimum absolute atomic E-state index is 0.361. The van der Waals surface area contributed by atoms with Gasteiger partial charge in [-0.2, -0.15) is 0 Å².